The summed E-state index contributed by atoms with van der Waals surface area (Å²) in [6, 6.07) is 9.99. The summed E-state index contributed by atoms with van der Waals surface area (Å²) in [5.41, 5.74) is -0.318. The first-order valence-corrected chi connectivity index (χ1v) is 10.00. The van der Waals surface area contributed by atoms with E-state index in [-0.39, 0.29) is 22.4 Å². The summed E-state index contributed by atoms with van der Waals surface area (Å²) in [7, 11) is 1.83. The Bertz CT molecular complexity index is 1260. The van der Waals surface area contributed by atoms with E-state index in [1.54, 1.807) is 29.1 Å². The average Bonchev–Trinajstić information content (AvgIpc) is 3.15. The second-order valence-corrected chi connectivity index (χ2v) is 7.53. The third-order valence-corrected chi connectivity index (χ3v) is 5.46. The molecule has 3 aromatic heterocycles. The van der Waals surface area contributed by atoms with Crippen molar-refractivity contribution >= 4 is 34.4 Å². The summed E-state index contributed by atoms with van der Waals surface area (Å²) in [4.78, 5) is 20.8. The standard InChI is InChI=1S/C20H15F3N6OS/c1-29-11-25-28-19(29)31-10-12-6-7-24-17(8-12)27-18(30)16-9-14(20(21,22)23)13-4-2-3-5-15(13)26-16/h2-9,11H,10H2,1H3,(H,24,27,30). The Hall–Kier alpha value is -3.47. The third-order valence-electron chi connectivity index (χ3n) is 4.36. The number of aromatic nitrogens is 5. The molecule has 3 heterocycles. The third kappa shape index (κ3) is 4.66. The van der Waals surface area contributed by atoms with Gasteiger partial charge in [0.15, 0.2) is 5.16 Å². The molecule has 0 aliphatic carbocycles. The highest BCUT2D eigenvalue weighted by Crippen LogP contribution is 2.34. The molecule has 0 unspecified atom stereocenters. The summed E-state index contributed by atoms with van der Waals surface area (Å²) >= 11 is 1.45. The first-order valence-electron chi connectivity index (χ1n) is 9.01. The smallest absolute Gasteiger partial charge is 0.312 e. The van der Waals surface area contributed by atoms with Crippen LogP contribution in [-0.2, 0) is 19.0 Å². The van der Waals surface area contributed by atoms with E-state index in [9.17, 15) is 18.0 Å². The lowest BCUT2D eigenvalue weighted by molar-refractivity contribution is -0.136. The topological polar surface area (TPSA) is 85.6 Å². The van der Waals surface area contributed by atoms with E-state index in [2.05, 4.69) is 25.5 Å². The fourth-order valence-electron chi connectivity index (χ4n) is 2.89. The van der Waals surface area contributed by atoms with Crippen LogP contribution in [0.15, 0.2) is 60.1 Å². The van der Waals surface area contributed by atoms with Crippen molar-refractivity contribution in [3.8, 4) is 0 Å². The maximum Gasteiger partial charge on any atom is 0.417 e. The Labute approximate surface area is 178 Å². The lowest BCUT2D eigenvalue weighted by atomic mass is 10.1. The quantitative estimate of drug-likeness (QED) is 0.462. The highest BCUT2D eigenvalue weighted by Gasteiger charge is 2.34. The molecule has 158 valence electrons. The molecule has 0 atom stereocenters. The number of hydrogen-bond donors (Lipinski definition) is 1. The van der Waals surface area contributed by atoms with Crippen molar-refractivity contribution in [1.82, 2.24) is 24.7 Å². The van der Waals surface area contributed by atoms with E-state index in [0.29, 0.717) is 5.75 Å². The number of benzene rings is 1. The Morgan fingerprint density at radius 1 is 1.19 bits per heavy atom. The Morgan fingerprint density at radius 3 is 2.74 bits per heavy atom. The summed E-state index contributed by atoms with van der Waals surface area (Å²) in [5.74, 6) is -0.0175. The van der Waals surface area contributed by atoms with Gasteiger partial charge in [0.05, 0.1) is 11.1 Å². The van der Waals surface area contributed by atoms with Gasteiger partial charge in [-0.1, -0.05) is 30.0 Å². The average molecular weight is 444 g/mol. The van der Waals surface area contributed by atoms with Crippen LogP contribution in [0.4, 0.5) is 19.0 Å². The van der Waals surface area contributed by atoms with Gasteiger partial charge < -0.3 is 9.88 Å². The van der Waals surface area contributed by atoms with E-state index in [4.69, 9.17) is 0 Å². The zero-order chi connectivity index (χ0) is 22.0. The van der Waals surface area contributed by atoms with Crippen molar-refractivity contribution in [2.75, 3.05) is 5.32 Å². The summed E-state index contributed by atoms with van der Waals surface area (Å²) in [6.45, 7) is 0. The number of fused-ring (bicyclic) bond motifs is 1. The minimum absolute atomic E-state index is 0.0625. The van der Waals surface area contributed by atoms with E-state index >= 15 is 0 Å². The normalized spacial score (nSPS) is 11.6. The van der Waals surface area contributed by atoms with Crippen molar-refractivity contribution in [3.05, 3.63) is 71.8 Å². The molecule has 1 amide bonds. The van der Waals surface area contributed by atoms with Crippen LogP contribution < -0.4 is 5.32 Å². The van der Waals surface area contributed by atoms with Crippen LogP contribution >= 0.6 is 11.8 Å². The largest absolute Gasteiger partial charge is 0.417 e. The molecular weight excluding hydrogens is 429 g/mol. The number of nitrogens with one attached hydrogen (secondary N) is 1. The van der Waals surface area contributed by atoms with E-state index in [1.807, 2.05) is 7.05 Å². The molecular formula is C20H15F3N6OS. The maximum absolute atomic E-state index is 13.5. The van der Waals surface area contributed by atoms with E-state index < -0.39 is 17.6 Å². The molecule has 1 N–H and O–H groups in total. The minimum Gasteiger partial charge on any atom is -0.312 e. The number of para-hydroxylation sites is 1. The van der Waals surface area contributed by atoms with Gasteiger partial charge in [0, 0.05) is 24.4 Å². The lowest BCUT2D eigenvalue weighted by Gasteiger charge is -2.12. The van der Waals surface area contributed by atoms with Crippen molar-refractivity contribution in [1.29, 1.82) is 0 Å². The highest BCUT2D eigenvalue weighted by atomic mass is 32.2. The second kappa shape index (κ2) is 8.34. The molecule has 4 rings (SSSR count). The number of amides is 1. The fourth-order valence-corrected chi connectivity index (χ4v) is 3.72. The molecule has 31 heavy (non-hydrogen) atoms. The highest BCUT2D eigenvalue weighted by molar-refractivity contribution is 7.98. The maximum atomic E-state index is 13.5. The summed E-state index contributed by atoms with van der Waals surface area (Å²) in [5, 5.41) is 11.0. The van der Waals surface area contributed by atoms with Gasteiger partial charge >= 0.3 is 6.18 Å². The van der Waals surface area contributed by atoms with Crippen molar-refractivity contribution in [3.63, 3.8) is 0 Å². The Balaban J connectivity index is 1.56. The molecule has 0 bridgehead atoms. The number of nitrogens with zero attached hydrogens (tertiary/aromatic N) is 5. The number of carbonyl (C=O) groups excluding carboxylic acids is 1. The van der Waals surface area contributed by atoms with Gasteiger partial charge in [-0.15, -0.1) is 10.2 Å². The number of halogens is 3. The van der Waals surface area contributed by atoms with Crippen LogP contribution in [0.5, 0.6) is 0 Å². The van der Waals surface area contributed by atoms with Crippen LogP contribution in [0, 0.1) is 0 Å². The molecule has 0 saturated carbocycles. The van der Waals surface area contributed by atoms with Gasteiger partial charge in [0.25, 0.3) is 5.91 Å². The van der Waals surface area contributed by atoms with Gasteiger partial charge in [-0.25, -0.2) is 9.97 Å². The number of aryl methyl sites for hydroxylation is 1. The molecule has 0 aliphatic rings. The molecule has 0 aliphatic heterocycles. The monoisotopic (exact) mass is 444 g/mol. The summed E-state index contributed by atoms with van der Waals surface area (Å²) < 4.78 is 42.2. The van der Waals surface area contributed by atoms with Crippen LogP contribution in [0.1, 0.15) is 21.6 Å². The van der Waals surface area contributed by atoms with E-state index in [0.717, 1.165) is 16.8 Å². The fraction of sp³-hybridized carbons (Fsp3) is 0.150. The molecule has 0 fully saturated rings. The van der Waals surface area contributed by atoms with E-state index in [1.165, 1.54) is 36.2 Å². The second-order valence-electron chi connectivity index (χ2n) is 6.59. The number of alkyl halides is 3. The molecule has 0 radical (unpaired) electrons. The molecule has 0 spiro atoms. The van der Waals surface area contributed by atoms with Crippen molar-refractivity contribution in [2.45, 2.75) is 17.1 Å². The first-order chi connectivity index (χ1) is 14.8. The van der Waals surface area contributed by atoms with Gasteiger partial charge in [0.1, 0.15) is 17.8 Å². The Kier molecular flexibility index (Phi) is 5.59. The lowest BCUT2D eigenvalue weighted by Crippen LogP contribution is -2.17. The number of rotatable bonds is 5. The number of thioether (sulfide) groups is 1. The zero-order valence-corrected chi connectivity index (χ0v) is 16.9. The van der Waals surface area contributed by atoms with Crippen LogP contribution in [0.2, 0.25) is 0 Å². The SMILES string of the molecule is Cn1cnnc1SCc1ccnc(NC(=O)c2cc(C(F)(F)F)c3ccccc3n2)c1. The summed E-state index contributed by atoms with van der Waals surface area (Å²) in [6.07, 6.45) is -1.52. The van der Waals surface area contributed by atoms with Crippen LogP contribution in [-0.4, -0.2) is 30.6 Å². The van der Waals surface area contributed by atoms with Gasteiger partial charge in [-0.2, -0.15) is 13.2 Å². The minimum atomic E-state index is -4.62. The van der Waals surface area contributed by atoms with Crippen molar-refractivity contribution < 1.29 is 18.0 Å². The molecule has 0 saturated heterocycles. The predicted octanol–water partition coefficient (Wildman–Crippen LogP) is 4.32. The molecule has 1 aromatic carbocycles. The number of carbonyl (C=O) groups is 1. The number of hydrogen-bond acceptors (Lipinski definition) is 6. The van der Waals surface area contributed by atoms with Gasteiger partial charge in [-0.05, 0) is 29.8 Å². The number of pyridine rings is 2. The van der Waals surface area contributed by atoms with Gasteiger partial charge in [0.2, 0.25) is 0 Å². The van der Waals surface area contributed by atoms with Crippen LogP contribution in [0.3, 0.4) is 0 Å². The number of anilines is 1. The van der Waals surface area contributed by atoms with Crippen molar-refractivity contribution in [2.24, 2.45) is 7.05 Å². The Morgan fingerprint density at radius 2 is 2.00 bits per heavy atom. The van der Waals surface area contributed by atoms with Gasteiger partial charge in [-0.3, -0.25) is 4.79 Å². The molecule has 4 aromatic rings. The zero-order valence-electron chi connectivity index (χ0n) is 16.1. The predicted molar refractivity (Wildman–Crippen MR) is 109 cm³/mol. The first kappa shape index (κ1) is 20.8. The molecule has 11 heteroatoms. The van der Waals surface area contributed by atoms with Crippen LogP contribution in [0.25, 0.3) is 10.9 Å². The molecule has 7 nitrogen and oxygen atoms in total.